The van der Waals surface area contributed by atoms with E-state index < -0.39 is 5.54 Å². The van der Waals surface area contributed by atoms with Crippen molar-refractivity contribution in [2.45, 2.75) is 45.6 Å². The van der Waals surface area contributed by atoms with E-state index in [4.69, 9.17) is 5.73 Å². The van der Waals surface area contributed by atoms with Crippen molar-refractivity contribution in [3.63, 3.8) is 0 Å². The zero-order chi connectivity index (χ0) is 15.9. The predicted octanol–water partition coefficient (Wildman–Crippen LogP) is 1.82. The molecule has 1 atom stereocenters. The second kappa shape index (κ2) is 7.78. The van der Waals surface area contributed by atoms with Crippen LogP contribution in [-0.4, -0.2) is 23.9 Å². The monoisotopic (exact) mass is 291 g/mol. The summed E-state index contributed by atoms with van der Waals surface area (Å²) < 4.78 is 0. The average molecular weight is 291 g/mol. The van der Waals surface area contributed by atoms with Gasteiger partial charge in [0.1, 0.15) is 0 Å². The minimum Gasteiger partial charge on any atom is -0.356 e. The normalized spacial score (nSPS) is 13.3. The molecule has 0 spiro atoms. The number of nitrogens with one attached hydrogen (secondary N) is 2. The highest BCUT2D eigenvalue weighted by molar-refractivity contribution is 5.97. The van der Waals surface area contributed by atoms with Crippen molar-refractivity contribution >= 4 is 17.5 Å². The highest BCUT2D eigenvalue weighted by atomic mass is 16.2. The number of amides is 2. The van der Waals surface area contributed by atoms with Crippen molar-refractivity contribution in [2.75, 3.05) is 11.9 Å². The van der Waals surface area contributed by atoms with E-state index in [1.165, 1.54) is 0 Å². The third-order valence-corrected chi connectivity index (χ3v) is 3.24. The Labute approximate surface area is 126 Å². The number of hydrogen-bond acceptors (Lipinski definition) is 3. The number of carbonyl (C=O) groups is 2. The average Bonchev–Trinajstić information content (AvgIpc) is 2.41. The smallest absolute Gasteiger partial charge is 0.244 e. The summed E-state index contributed by atoms with van der Waals surface area (Å²) in [5.74, 6) is -0.201. The third kappa shape index (κ3) is 5.55. The molecule has 0 aliphatic heterocycles. The van der Waals surface area contributed by atoms with Crippen LogP contribution in [0.4, 0.5) is 5.69 Å². The fraction of sp³-hybridized carbons (Fsp3) is 0.500. The van der Waals surface area contributed by atoms with Gasteiger partial charge in [0.25, 0.3) is 0 Å². The van der Waals surface area contributed by atoms with E-state index in [2.05, 4.69) is 10.6 Å². The second-order valence-electron chi connectivity index (χ2n) is 5.45. The van der Waals surface area contributed by atoms with Crippen molar-refractivity contribution in [3.05, 3.63) is 29.8 Å². The van der Waals surface area contributed by atoms with Gasteiger partial charge in [0.2, 0.25) is 11.8 Å². The predicted molar refractivity (Wildman–Crippen MR) is 85.0 cm³/mol. The van der Waals surface area contributed by atoms with Crippen LogP contribution in [0.5, 0.6) is 0 Å². The molecule has 1 rings (SSSR count). The first-order valence-corrected chi connectivity index (χ1v) is 7.35. The van der Waals surface area contributed by atoms with Gasteiger partial charge in [0.05, 0.1) is 12.0 Å². The molecule has 0 fully saturated rings. The highest BCUT2D eigenvalue weighted by Crippen LogP contribution is 2.15. The second-order valence-corrected chi connectivity index (χ2v) is 5.45. The molecule has 0 aliphatic rings. The maximum Gasteiger partial charge on any atom is 0.244 e. The van der Waals surface area contributed by atoms with E-state index in [1.807, 2.05) is 26.0 Å². The Morgan fingerprint density at radius 3 is 2.33 bits per heavy atom. The summed E-state index contributed by atoms with van der Waals surface area (Å²) in [5.41, 5.74) is 6.71. The van der Waals surface area contributed by atoms with Gasteiger partial charge in [-0.25, -0.2) is 0 Å². The van der Waals surface area contributed by atoms with Crippen LogP contribution in [-0.2, 0) is 16.0 Å². The van der Waals surface area contributed by atoms with Crippen LogP contribution in [0.3, 0.4) is 0 Å². The third-order valence-electron chi connectivity index (χ3n) is 3.24. The molecule has 0 heterocycles. The molecule has 1 aromatic carbocycles. The van der Waals surface area contributed by atoms with Crippen LogP contribution >= 0.6 is 0 Å². The number of carbonyl (C=O) groups excluding carboxylic acids is 2. The lowest BCUT2D eigenvalue weighted by atomic mass is 9.96. The molecule has 4 N–H and O–H groups in total. The Balaban J connectivity index is 2.62. The first-order valence-electron chi connectivity index (χ1n) is 7.35. The molecule has 0 saturated heterocycles. The Kier molecular flexibility index (Phi) is 6.37. The molecular weight excluding hydrogens is 266 g/mol. The Morgan fingerprint density at radius 1 is 1.19 bits per heavy atom. The van der Waals surface area contributed by atoms with E-state index in [0.717, 1.165) is 12.0 Å². The molecule has 0 radical (unpaired) electrons. The van der Waals surface area contributed by atoms with E-state index >= 15 is 0 Å². The Bertz CT molecular complexity index is 481. The molecule has 2 amide bonds. The summed E-state index contributed by atoms with van der Waals surface area (Å²) in [6, 6.07) is 7.24. The number of rotatable bonds is 7. The van der Waals surface area contributed by atoms with E-state index in [1.54, 1.807) is 19.1 Å². The van der Waals surface area contributed by atoms with Gasteiger partial charge >= 0.3 is 0 Å². The number of benzene rings is 1. The molecule has 1 aromatic rings. The van der Waals surface area contributed by atoms with Crippen molar-refractivity contribution in [3.8, 4) is 0 Å². The van der Waals surface area contributed by atoms with Gasteiger partial charge in [0, 0.05) is 12.2 Å². The number of nitrogens with two attached hydrogens (primary N) is 1. The summed E-state index contributed by atoms with van der Waals surface area (Å²) in [7, 11) is 0. The molecule has 0 bridgehead atoms. The molecule has 0 saturated carbocycles. The summed E-state index contributed by atoms with van der Waals surface area (Å²) in [5, 5.41) is 5.56. The van der Waals surface area contributed by atoms with Crippen molar-refractivity contribution < 1.29 is 9.59 Å². The number of anilines is 1. The lowest BCUT2D eigenvalue weighted by Crippen LogP contribution is -2.48. The molecule has 0 aromatic heterocycles. The van der Waals surface area contributed by atoms with Crippen molar-refractivity contribution in [1.82, 2.24) is 5.32 Å². The van der Waals surface area contributed by atoms with Gasteiger partial charge in [-0.2, -0.15) is 0 Å². The van der Waals surface area contributed by atoms with E-state index in [9.17, 15) is 9.59 Å². The summed E-state index contributed by atoms with van der Waals surface area (Å²) in [6.45, 7) is 6.24. The highest BCUT2D eigenvalue weighted by Gasteiger charge is 2.27. The maximum atomic E-state index is 12.1. The summed E-state index contributed by atoms with van der Waals surface area (Å²) >= 11 is 0. The molecule has 116 valence electrons. The van der Waals surface area contributed by atoms with Crippen LogP contribution in [0, 0.1) is 0 Å². The Hall–Kier alpha value is -1.88. The molecule has 21 heavy (non-hydrogen) atoms. The lowest BCUT2D eigenvalue weighted by molar-refractivity contribution is -0.121. The molecule has 1 unspecified atom stereocenters. The minimum absolute atomic E-state index is 0.00763. The van der Waals surface area contributed by atoms with Gasteiger partial charge in [-0.15, -0.1) is 0 Å². The van der Waals surface area contributed by atoms with Gasteiger partial charge < -0.3 is 16.4 Å². The molecule has 5 nitrogen and oxygen atoms in total. The number of likely N-dealkylation sites (N-methyl/N-ethyl adjacent to an activating group) is 1. The zero-order valence-electron chi connectivity index (χ0n) is 13.0. The fourth-order valence-electron chi connectivity index (χ4n) is 2.06. The minimum atomic E-state index is -0.867. The SMILES string of the molecule is CCCC(C)(N)C(=O)Nc1ccc(CC(=O)NCC)cc1. The standard InChI is InChI=1S/C16H25N3O2/c1-4-10-16(3,17)15(21)19-13-8-6-12(7-9-13)11-14(20)18-5-2/h6-9H,4-5,10-11,17H2,1-3H3,(H,18,20)(H,19,21). The topological polar surface area (TPSA) is 84.2 Å². The molecular formula is C16H25N3O2. The lowest BCUT2D eigenvalue weighted by Gasteiger charge is -2.22. The van der Waals surface area contributed by atoms with E-state index in [0.29, 0.717) is 25.1 Å². The Morgan fingerprint density at radius 2 is 1.81 bits per heavy atom. The molecule has 0 aliphatic carbocycles. The van der Waals surface area contributed by atoms with Crippen LogP contribution in [0.25, 0.3) is 0 Å². The quantitative estimate of drug-likeness (QED) is 0.716. The van der Waals surface area contributed by atoms with Crippen molar-refractivity contribution in [1.29, 1.82) is 0 Å². The van der Waals surface area contributed by atoms with Gasteiger partial charge in [-0.1, -0.05) is 25.5 Å². The van der Waals surface area contributed by atoms with Gasteiger partial charge in [-0.3, -0.25) is 9.59 Å². The zero-order valence-corrected chi connectivity index (χ0v) is 13.0. The summed E-state index contributed by atoms with van der Waals surface area (Å²) in [4.78, 5) is 23.6. The largest absolute Gasteiger partial charge is 0.356 e. The maximum absolute atomic E-state index is 12.1. The first-order chi connectivity index (χ1) is 9.89. The van der Waals surface area contributed by atoms with Gasteiger partial charge in [0.15, 0.2) is 0 Å². The van der Waals surface area contributed by atoms with Crippen molar-refractivity contribution in [2.24, 2.45) is 5.73 Å². The fourth-order valence-corrected chi connectivity index (χ4v) is 2.06. The number of hydrogen-bond donors (Lipinski definition) is 3. The van der Waals surface area contributed by atoms with Crippen LogP contribution in [0.1, 0.15) is 39.2 Å². The molecule has 5 heteroatoms. The first kappa shape index (κ1) is 17.2. The van der Waals surface area contributed by atoms with Crippen LogP contribution < -0.4 is 16.4 Å². The summed E-state index contributed by atoms with van der Waals surface area (Å²) in [6.07, 6.45) is 1.83. The van der Waals surface area contributed by atoms with E-state index in [-0.39, 0.29) is 11.8 Å². The van der Waals surface area contributed by atoms with Crippen LogP contribution in [0.2, 0.25) is 0 Å². The van der Waals surface area contributed by atoms with Gasteiger partial charge in [-0.05, 0) is 38.0 Å². The van der Waals surface area contributed by atoms with Crippen LogP contribution in [0.15, 0.2) is 24.3 Å².